The molecule has 12 heteroatoms. The number of thiophene rings is 3. The minimum Gasteiger partial charge on any atom is -0.277 e. The summed E-state index contributed by atoms with van der Waals surface area (Å²) in [6.07, 6.45) is 0. The summed E-state index contributed by atoms with van der Waals surface area (Å²) in [5.74, 6) is 1.73. The first-order chi connectivity index (χ1) is 67.6. The number of aromatic nitrogens is 9. The highest BCUT2D eigenvalue weighted by atomic mass is 32.1. The Morgan fingerprint density at radius 2 is 0.462 bits per heavy atom. The molecule has 29 rings (SSSR count). The fourth-order valence-corrected chi connectivity index (χ4v) is 24.1. The quantitative estimate of drug-likeness (QED) is 0.150. The molecule has 0 radical (unpaired) electrons. The molecule has 614 valence electrons. The number of hydrogen-bond donors (Lipinski definition) is 0. The molecule has 0 saturated heterocycles. The van der Waals surface area contributed by atoms with E-state index in [0.717, 1.165) is 110 Å². The van der Waals surface area contributed by atoms with Crippen molar-refractivity contribution in [1.29, 1.82) is 0 Å². The van der Waals surface area contributed by atoms with E-state index in [0.29, 0.717) is 34.4 Å². The van der Waals surface area contributed by atoms with Crippen molar-refractivity contribution in [3.05, 3.63) is 431 Å². The molecule has 0 fully saturated rings. The molecular weight excluding hydrogens is 1660 g/mol. The summed E-state index contributed by atoms with van der Waals surface area (Å²) in [7, 11) is 0. The molecule has 20 aromatic carbocycles. The lowest BCUT2D eigenvalue weighted by atomic mass is 10.00. The van der Waals surface area contributed by atoms with Gasteiger partial charge in [-0.2, -0.15) is 0 Å². The summed E-state index contributed by atoms with van der Waals surface area (Å²) >= 11 is 5.50. The zero-order valence-electron chi connectivity index (χ0n) is 75.4. The van der Waals surface area contributed by atoms with E-state index < -0.39 is 18.1 Å². The van der Waals surface area contributed by atoms with Crippen molar-refractivity contribution in [1.82, 2.24) is 43.6 Å². The van der Waals surface area contributed by atoms with Crippen molar-refractivity contribution in [2.75, 3.05) is 0 Å². The topological polar surface area (TPSA) is 92.1 Å². The van der Waals surface area contributed by atoms with E-state index in [2.05, 4.69) is 378 Å². The SMILES string of the molecule is [2H]c1c([2H])c([2H])c(-c2nc(-n3c4ccccc4c4c5ccccc5c5sc6ccccc6c5c43)nc3ccccc23)c([2H])c1[2H].c1ccc(-c2ccc(-c3nc(-n4c5ccccc5c5c6ccccc6c6sc7ccccc7c6c54)nc4ccccc34)cc2)cc1.c1ccc(-c2cccc(-c3nc(-n4c5ccccc5c5c6ccccc6c6sc7ccccc7c6c54)nc4ccccc34)c2)cc1. The van der Waals surface area contributed by atoms with Crippen molar-refractivity contribution in [3.8, 4) is 73.9 Å². The molecule has 0 saturated carbocycles. The van der Waals surface area contributed by atoms with Crippen molar-refractivity contribution in [2.24, 2.45) is 0 Å². The molecule has 0 atom stereocenters. The zero-order chi connectivity index (χ0) is 90.9. The van der Waals surface area contributed by atoms with Crippen molar-refractivity contribution in [3.63, 3.8) is 0 Å². The molecule has 132 heavy (non-hydrogen) atoms. The largest absolute Gasteiger partial charge is 0.277 e. The first kappa shape index (κ1) is 70.3. The lowest BCUT2D eigenvalue weighted by Gasteiger charge is -2.13. The Balaban J connectivity index is 0.000000104. The Morgan fingerprint density at radius 3 is 0.848 bits per heavy atom. The van der Waals surface area contributed by atoms with Crippen LogP contribution < -0.4 is 0 Å². The molecule has 0 spiro atoms. The normalized spacial score (nSPS) is 12.5. The average molecular weight is 1740 g/mol. The van der Waals surface area contributed by atoms with Crippen LogP contribution in [0.15, 0.2) is 431 Å². The molecule has 0 bridgehead atoms. The molecule has 0 aliphatic heterocycles. The second-order valence-electron chi connectivity index (χ2n) is 33.3. The molecular formula is C120H71N9S3. The maximum atomic E-state index is 8.78. The third-order valence-corrected chi connectivity index (χ3v) is 29.7. The van der Waals surface area contributed by atoms with Gasteiger partial charge in [-0.1, -0.05) is 370 Å². The van der Waals surface area contributed by atoms with Gasteiger partial charge in [0, 0.05) is 142 Å². The van der Waals surface area contributed by atoms with Gasteiger partial charge in [0.05, 0.1) is 73.6 Å². The molecule has 9 aromatic heterocycles. The van der Waals surface area contributed by atoms with Crippen LogP contribution in [0, 0.1) is 0 Å². The number of nitrogens with zero attached hydrogens (tertiary/aromatic N) is 9. The fraction of sp³-hybridized carbons (Fsp3) is 0. The molecule has 0 aliphatic rings. The Hall–Kier alpha value is -16.7. The maximum absolute atomic E-state index is 8.78. The van der Waals surface area contributed by atoms with E-state index in [1.807, 2.05) is 59.1 Å². The average Bonchev–Trinajstić information content (AvgIpc) is 1.54. The Bertz CT molecular complexity index is 10100. The highest BCUT2D eigenvalue weighted by molar-refractivity contribution is 7.28. The number of hydrogen-bond acceptors (Lipinski definition) is 9. The Labute approximate surface area is 774 Å². The highest BCUT2D eigenvalue weighted by Crippen LogP contribution is 2.53. The number of para-hydroxylation sites is 6. The fourth-order valence-electron chi connectivity index (χ4n) is 20.4. The van der Waals surface area contributed by atoms with Crippen LogP contribution in [0.25, 0.3) is 265 Å². The van der Waals surface area contributed by atoms with E-state index >= 15 is 0 Å². The van der Waals surface area contributed by atoms with Crippen LogP contribution in [0.5, 0.6) is 0 Å². The summed E-state index contributed by atoms with van der Waals surface area (Å²) in [5, 5.41) is 24.4. The van der Waals surface area contributed by atoms with Gasteiger partial charge < -0.3 is 0 Å². The lowest BCUT2D eigenvalue weighted by molar-refractivity contribution is 1.02. The van der Waals surface area contributed by atoms with Gasteiger partial charge in [-0.3, -0.25) is 13.7 Å². The van der Waals surface area contributed by atoms with Crippen LogP contribution in [0.3, 0.4) is 0 Å². The van der Waals surface area contributed by atoms with Gasteiger partial charge in [0.1, 0.15) is 0 Å². The smallest absolute Gasteiger partial charge is 0.235 e. The Morgan fingerprint density at radius 1 is 0.189 bits per heavy atom. The summed E-state index contributed by atoms with van der Waals surface area (Å²) < 4.78 is 56.7. The second kappa shape index (κ2) is 30.5. The summed E-state index contributed by atoms with van der Waals surface area (Å²) in [5.41, 5.74) is 18.0. The van der Waals surface area contributed by atoms with Gasteiger partial charge >= 0.3 is 0 Å². The Kier molecular flexibility index (Phi) is 16.2. The van der Waals surface area contributed by atoms with Crippen LogP contribution in [0.4, 0.5) is 0 Å². The molecule has 0 unspecified atom stereocenters. The molecule has 9 nitrogen and oxygen atoms in total. The van der Waals surface area contributed by atoms with Crippen molar-refractivity contribution >= 4 is 225 Å². The first-order valence-electron chi connectivity index (χ1n) is 46.6. The van der Waals surface area contributed by atoms with Crippen molar-refractivity contribution in [2.45, 2.75) is 0 Å². The summed E-state index contributed by atoms with van der Waals surface area (Å²) in [6, 6.07) is 139. The molecule has 0 amide bonds. The summed E-state index contributed by atoms with van der Waals surface area (Å²) in [6.45, 7) is 0. The minimum absolute atomic E-state index is 0.0539. The van der Waals surface area contributed by atoms with E-state index in [1.165, 1.54) is 115 Å². The van der Waals surface area contributed by atoms with E-state index in [4.69, 9.17) is 36.8 Å². The zero-order valence-corrected chi connectivity index (χ0v) is 72.8. The van der Waals surface area contributed by atoms with Crippen LogP contribution in [-0.2, 0) is 0 Å². The van der Waals surface area contributed by atoms with Crippen LogP contribution in [-0.4, -0.2) is 43.6 Å². The summed E-state index contributed by atoms with van der Waals surface area (Å²) in [4.78, 5) is 31.6. The number of benzene rings is 20. The predicted octanol–water partition coefficient (Wildman–Crippen LogP) is 33.1. The second-order valence-corrected chi connectivity index (χ2v) is 36.5. The molecule has 9 heterocycles. The molecule has 29 aromatic rings. The van der Waals surface area contributed by atoms with Gasteiger partial charge in [0.2, 0.25) is 17.8 Å². The third-order valence-electron chi connectivity index (χ3n) is 26.1. The van der Waals surface area contributed by atoms with Crippen LogP contribution in [0.1, 0.15) is 6.85 Å². The lowest BCUT2D eigenvalue weighted by Crippen LogP contribution is -2.03. The van der Waals surface area contributed by atoms with E-state index in [1.54, 1.807) is 11.3 Å². The number of rotatable bonds is 8. The number of fused-ring (bicyclic) bond motifs is 33. The highest BCUT2D eigenvalue weighted by Gasteiger charge is 2.29. The van der Waals surface area contributed by atoms with Crippen LogP contribution >= 0.6 is 34.0 Å². The van der Waals surface area contributed by atoms with Gasteiger partial charge in [0.25, 0.3) is 0 Å². The van der Waals surface area contributed by atoms with Gasteiger partial charge in [-0.25, -0.2) is 29.9 Å². The molecule has 0 N–H and O–H groups in total. The third kappa shape index (κ3) is 11.8. The molecule has 0 aliphatic carbocycles. The van der Waals surface area contributed by atoms with Crippen LogP contribution in [0.2, 0.25) is 0 Å². The first-order valence-corrected chi connectivity index (χ1v) is 46.5. The van der Waals surface area contributed by atoms with Gasteiger partial charge in [-0.15, -0.1) is 34.0 Å². The van der Waals surface area contributed by atoms with E-state index in [-0.39, 0.29) is 17.6 Å². The maximum Gasteiger partial charge on any atom is 0.235 e. The predicted molar refractivity (Wildman–Crippen MR) is 560 cm³/mol. The van der Waals surface area contributed by atoms with Gasteiger partial charge in [-0.05, 0) is 99.1 Å². The monoisotopic (exact) mass is 1740 g/mol. The van der Waals surface area contributed by atoms with Gasteiger partial charge in [0.15, 0.2) is 0 Å². The minimum atomic E-state index is -0.437. The van der Waals surface area contributed by atoms with Crippen molar-refractivity contribution < 1.29 is 6.85 Å². The standard InChI is InChI=1S/2C42H25N3S.C36H21N3S/c1-2-13-26(14-3-1)27-15-12-16-28(25-27)39-31-19-6-9-22-34(31)43-42(44-39)45-35-23-10-7-20-32(35)37-29-17-4-5-18-30(29)41-38(40(37)45)33-21-8-11-24-36(33)46-41;1-2-12-26(13-3-1)27-22-24-28(25-23-27)39-31-16-6-9-19-34(31)43-42(44-39)45-35-20-10-7-17-32(35)37-29-14-4-5-15-30(29)41-38(40(37)45)33-18-8-11-21-36(33)46-41;1-2-12-22(13-3-1)33-25-16-6-9-19-28(25)37-36(38-33)39-29-20-10-7-17-26(29)31-23-14-4-5-15-24(23)35-32(34(31)39)27-18-8-11-21-30(27)40-35/h2*1-25H;1-21H/i;;1D,2D,3D,12D,13D. The van der Waals surface area contributed by atoms with E-state index in [9.17, 15) is 0 Å².